The third-order valence-electron chi connectivity index (χ3n) is 1.23. The van der Waals surface area contributed by atoms with Crippen LogP contribution in [0.5, 0.6) is 0 Å². The van der Waals surface area contributed by atoms with Crippen LogP contribution < -0.4 is 0 Å². The van der Waals surface area contributed by atoms with Gasteiger partial charge in [0.2, 0.25) is 0 Å². The maximum Gasteiger partial charge on any atom is 0.187 e. The van der Waals surface area contributed by atoms with Crippen molar-refractivity contribution in [1.82, 2.24) is 0 Å². The van der Waals surface area contributed by atoms with Crippen molar-refractivity contribution in [3.63, 3.8) is 0 Å². The molecular weight excluding hydrogens is 160 g/mol. The Hall–Kier alpha value is -0.160. The van der Waals surface area contributed by atoms with E-state index in [4.69, 9.17) is 0 Å². The molecule has 0 atom stereocenters. The summed E-state index contributed by atoms with van der Waals surface area (Å²) in [5.74, 6) is 0.164. The average Bonchev–Trinajstić information content (AvgIpc) is 2.08. The van der Waals surface area contributed by atoms with Crippen molar-refractivity contribution in [1.29, 1.82) is 0 Å². The van der Waals surface area contributed by atoms with Crippen molar-refractivity contribution in [2.75, 3.05) is 5.75 Å². The Labute approximate surface area is 57.1 Å². The zero-order valence-electron chi connectivity index (χ0n) is 4.66. The highest BCUT2D eigenvalue weighted by Crippen LogP contribution is 2.11. The van der Waals surface area contributed by atoms with Crippen LogP contribution in [-0.2, 0) is 21.1 Å². The number of rotatable bonds is 0. The van der Waals surface area contributed by atoms with E-state index in [9.17, 15) is 12.6 Å². The maximum atomic E-state index is 10.7. The highest BCUT2D eigenvalue weighted by molar-refractivity contribution is 8.14. The summed E-state index contributed by atoms with van der Waals surface area (Å²) in [7, 11) is -3.07. The minimum absolute atomic E-state index is 0.113. The highest BCUT2D eigenvalue weighted by atomic mass is 32.2. The van der Waals surface area contributed by atoms with E-state index < -0.39 is 9.84 Å². The Morgan fingerprint density at radius 1 is 1.44 bits per heavy atom. The SMILES string of the molecule is O=S=C1CCCS1(=O)=O. The second-order valence-corrected chi connectivity index (χ2v) is 4.93. The van der Waals surface area contributed by atoms with Crippen LogP contribution in [0.2, 0.25) is 0 Å². The molecule has 0 spiro atoms. The van der Waals surface area contributed by atoms with Gasteiger partial charge in [0.25, 0.3) is 0 Å². The molecule has 0 aromatic heterocycles. The second-order valence-electron chi connectivity index (χ2n) is 1.88. The molecule has 9 heavy (non-hydrogen) atoms. The van der Waals surface area contributed by atoms with E-state index in [1.807, 2.05) is 0 Å². The van der Waals surface area contributed by atoms with E-state index in [0.29, 0.717) is 12.8 Å². The highest BCUT2D eigenvalue weighted by Gasteiger charge is 2.25. The minimum Gasteiger partial charge on any atom is -0.223 e. The van der Waals surface area contributed by atoms with Gasteiger partial charge in [-0.3, -0.25) is 0 Å². The largest absolute Gasteiger partial charge is 0.223 e. The van der Waals surface area contributed by atoms with E-state index in [2.05, 4.69) is 0 Å². The van der Waals surface area contributed by atoms with Gasteiger partial charge in [-0.1, -0.05) is 0 Å². The Bertz CT molecular complexity index is 258. The fraction of sp³-hybridized carbons (Fsp3) is 0.750. The molecule has 0 N–H and O–H groups in total. The molecule has 0 saturated carbocycles. The molecule has 0 bridgehead atoms. The minimum atomic E-state index is -3.07. The van der Waals surface area contributed by atoms with E-state index in [0.717, 1.165) is 0 Å². The van der Waals surface area contributed by atoms with Crippen LogP contribution in [0.1, 0.15) is 12.8 Å². The smallest absolute Gasteiger partial charge is 0.187 e. The van der Waals surface area contributed by atoms with Gasteiger partial charge in [-0.2, -0.15) is 0 Å². The fourth-order valence-electron chi connectivity index (χ4n) is 0.769. The number of hydrogen-bond donors (Lipinski definition) is 0. The Morgan fingerprint density at radius 3 is 2.33 bits per heavy atom. The normalized spacial score (nSPS) is 24.2. The van der Waals surface area contributed by atoms with Gasteiger partial charge in [-0.05, 0) is 12.8 Å². The van der Waals surface area contributed by atoms with Gasteiger partial charge >= 0.3 is 0 Å². The summed E-state index contributed by atoms with van der Waals surface area (Å²) in [5, 5.41) is 0. The summed E-state index contributed by atoms with van der Waals surface area (Å²) in [5.41, 5.74) is 0. The first kappa shape index (κ1) is 6.95. The first-order valence-electron chi connectivity index (χ1n) is 2.55. The molecule has 1 aliphatic heterocycles. The molecule has 1 aliphatic rings. The summed E-state index contributed by atoms with van der Waals surface area (Å²) in [6.45, 7) is 0. The molecule has 0 amide bonds. The zero-order valence-corrected chi connectivity index (χ0v) is 6.30. The van der Waals surface area contributed by atoms with Crippen LogP contribution in [0.15, 0.2) is 0 Å². The maximum absolute atomic E-state index is 10.7. The van der Waals surface area contributed by atoms with E-state index in [1.165, 1.54) is 0 Å². The lowest BCUT2D eigenvalue weighted by Gasteiger charge is -1.84. The van der Waals surface area contributed by atoms with Crippen LogP contribution in [-0.4, -0.2) is 22.6 Å². The van der Waals surface area contributed by atoms with Crippen LogP contribution in [0.4, 0.5) is 0 Å². The molecule has 0 aromatic carbocycles. The average molecular weight is 166 g/mol. The van der Waals surface area contributed by atoms with Crippen molar-refractivity contribution in [3.05, 3.63) is 0 Å². The number of sulfone groups is 1. The van der Waals surface area contributed by atoms with Crippen LogP contribution in [0.25, 0.3) is 0 Å². The summed E-state index contributed by atoms with van der Waals surface area (Å²) in [6.07, 6.45) is 1.07. The van der Waals surface area contributed by atoms with Gasteiger partial charge in [-0.25, -0.2) is 12.6 Å². The molecule has 0 unspecified atom stereocenters. The predicted molar refractivity (Wildman–Crippen MR) is 36.2 cm³/mol. The molecule has 1 heterocycles. The molecule has 0 radical (unpaired) electrons. The van der Waals surface area contributed by atoms with Crippen molar-refractivity contribution < 1.29 is 12.6 Å². The lowest BCUT2D eigenvalue weighted by molar-refractivity contribution is 0.609. The Kier molecular flexibility index (Phi) is 1.72. The van der Waals surface area contributed by atoms with E-state index >= 15 is 0 Å². The molecule has 5 heteroatoms. The molecule has 1 rings (SSSR count). The first-order valence-corrected chi connectivity index (χ1v) is 4.94. The standard InChI is InChI=1S/C4H6O3S2/c5-8-4-2-1-3-9(4,6)7/h1-3H2. The molecular formula is C4H6O3S2. The first-order chi connectivity index (χ1) is 4.17. The van der Waals surface area contributed by atoms with Gasteiger partial charge in [0.05, 0.1) is 5.75 Å². The fourth-order valence-corrected chi connectivity index (χ4v) is 2.87. The monoisotopic (exact) mass is 166 g/mol. The van der Waals surface area contributed by atoms with Crippen molar-refractivity contribution in [2.24, 2.45) is 0 Å². The summed E-state index contributed by atoms with van der Waals surface area (Å²) in [6, 6.07) is 0. The van der Waals surface area contributed by atoms with Crippen molar-refractivity contribution >= 4 is 25.3 Å². The van der Waals surface area contributed by atoms with Gasteiger partial charge < -0.3 is 0 Å². The molecule has 1 fully saturated rings. The molecule has 0 aromatic rings. The van der Waals surface area contributed by atoms with Crippen molar-refractivity contribution in [2.45, 2.75) is 12.8 Å². The summed E-state index contributed by atoms with van der Waals surface area (Å²) in [4.78, 5) is 0. The topological polar surface area (TPSA) is 51.2 Å². The predicted octanol–water partition coefficient (Wildman–Crippen LogP) is -0.462. The van der Waals surface area contributed by atoms with Gasteiger partial charge in [0.15, 0.2) is 9.84 Å². The Morgan fingerprint density at radius 2 is 2.11 bits per heavy atom. The summed E-state index contributed by atoms with van der Waals surface area (Å²) >= 11 is 0.118. The molecule has 52 valence electrons. The van der Waals surface area contributed by atoms with Crippen LogP contribution in [0, 0.1) is 0 Å². The third kappa shape index (κ3) is 1.21. The lowest BCUT2D eigenvalue weighted by atomic mass is 10.4. The van der Waals surface area contributed by atoms with Crippen molar-refractivity contribution in [3.8, 4) is 0 Å². The molecule has 0 aliphatic carbocycles. The molecule has 3 nitrogen and oxygen atoms in total. The van der Waals surface area contributed by atoms with Crippen LogP contribution >= 0.6 is 0 Å². The van der Waals surface area contributed by atoms with Gasteiger partial charge in [0.1, 0.15) is 15.5 Å². The zero-order chi connectivity index (χ0) is 6.91. The van der Waals surface area contributed by atoms with E-state index in [1.54, 1.807) is 0 Å². The number of hydrogen-bond acceptors (Lipinski definition) is 3. The summed E-state index contributed by atoms with van der Waals surface area (Å²) < 4.78 is 31.6. The quantitative estimate of drug-likeness (QED) is 0.457. The van der Waals surface area contributed by atoms with E-state index in [-0.39, 0.29) is 21.2 Å². The second kappa shape index (κ2) is 2.22. The van der Waals surface area contributed by atoms with Gasteiger partial charge in [-0.15, -0.1) is 0 Å². The molecule has 1 saturated heterocycles. The Balaban J connectivity index is 3.17. The van der Waals surface area contributed by atoms with Crippen LogP contribution in [0.3, 0.4) is 0 Å². The lowest BCUT2D eigenvalue weighted by Crippen LogP contribution is -2.07. The van der Waals surface area contributed by atoms with Gasteiger partial charge in [0, 0.05) is 0 Å². The third-order valence-corrected chi connectivity index (χ3v) is 4.31.